The molecule has 1 heterocycles. The van der Waals surface area contributed by atoms with E-state index < -0.39 is 28.0 Å². The van der Waals surface area contributed by atoms with Crippen LogP contribution in [-0.2, 0) is 19.6 Å². The Hall–Kier alpha value is -3.50. The zero-order valence-corrected chi connectivity index (χ0v) is 16.0. The molecule has 1 aromatic heterocycles. The molecule has 0 bridgehead atoms. The molecule has 0 saturated carbocycles. The highest BCUT2D eigenvalue weighted by Gasteiger charge is 2.20. The smallest absolute Gasteiger partial charge is 0.338 e. The molecule has 2 aromatic carbocycles. The summed E-state index contributed by atoms with van der Waals surface area (Å²) in [6, 6.07) is 11.9. The van der Waals surface area contributed by atoms with Crippen molar-refractivity contribution in [2.75, 3.05) is 5.32 Å². The summed E-state index contributed by atoms with van der Waals surface area (Å²) >= 11 is 0. The lowest BCUT2D eigenvalue weighted by Gasteiger charge is -2.14. The molecule has 9 nitrogen and oxygen atoms in total. The van der Waals surface area contributed by atoms with Crippen LogP contribution in [0.25, 0.3) is 11.3 Å². The first kappa shape index (κ1) is 20.2. The van der Waals surface area contributed by atoms with Gasteiger partial charge in [0.15, 0.2) is 18.3 Å². The Bertz CT molecular complexity index is 1130. The zero-order chi connectivity index (χ0) is 21.0. The number of nitrogens with one attached hydrogen (secondary N) is 1. The number of esters is 1. The second-order valence-corrected chi connectivity index (χ2v) is 7.61. The molecular formula is C19H17N3O6S. The average molecular weight is 415 g/mol. The first-order valence-electron chi connectivity index (χ1n) is 8.37. The Morgan fingerprint density at radius 3 is 2.52 bits per heavy atom. The minimum atomic E-state index is -3.90. The lowest BCUT2D eigenvalue weighted by atomic mass is 10.1. The van der Waals surface area contributed by atoms with Crippen LogP contribution in [0.1, 0.15) is 17.3 Å². The fraction of sp³-hybridized carbons (Fsp3) is 0.105. The third-order valence-electron chi connectivity index (χ3n) is 3.92. The van der Waals surface area contributed by atoms with Gasteiger partial charge in [0.05, 0.1) is 16.7 Å². The predicted molar refractivity (Wildman–Crippen MR) is 103 cm³/mol. The standard InChI is InChI=1S/C19H17N3O6S/c1-12(18(23)22-15-3-2-4-16(9-15)29(20,25)26)28-19(24)14-7-5-13(6-8-14)17-10-21-11-27-17/h2-12H,1H3,(H,22,23)(H2,20,25,26). The Morgan fingerprint density at radius 1 is 1.17 bits per heavy atom. The first-order chi connectivity index (χ1) is 13.7. The van der Waals surface area contributed by atoms with E-state index in [0.717, 1.165) is 5.56 Å². The highest BCUT2D eigenvalue weighted by atomic mass is 32.2. The molecule has 0 fully saturated rings. The molecule has 150 valence electrons. The summed E-state index contributed by atoms with van der Waals surface area (Å²) in [5.74, 6) is -0.752. The van der Waals surface area contributed by atoms with Gasteiger partial charge in [-0.15, -0.1) is 0 Å². The number of anilines is 1. The van der Waals surface area contributed by atoms with Gasteiger partial charge < -0.3 is 14.5 Å². The number of hydrogen-bond donors (Lipinski definition) is 2. The molecule has 0 saturated heterocycles. The van der Waals surface area contributed by atoms with Crippen molar-refractivity contribution in [1.82, 2.24) is 4.98 Å². The van der Waals surface area contributed by atoms with Gasteiger partial charge in [-0.25, -0.2) is 23.3 Å². The number of aromatic nitrogens is 1. The van der Waals surface area contributed by atoms with E-state index in [-0.39, 0.29) is 16.1 Å². The Balaban J connectivity index is 1.63. The molecule has 3 aromatic rings. The lowest BCUT2D eigenvalue weighted by Crippen LogP contribution is -2.30. The van der Waals surface area contributed by atoms with Crippen molar-refractivity contribution in [3.05, 3.63) is 66.7 Å². The van der Waals surface area contributed by atoms with Crippen LogP contribution in [0.15, 0.2) is 70.4 Å². The van der Waals surface area contributed by atoms with Gasteiger partial charge in [0.1, 0.15) is 0 Å². The maximum absolute atomic E-state index is 12.3. The number of sulfonamides is 1. The summed E-state index contributed by atoms with van der Waals surface area (Å²) in [6.45, 7) is 1.40. The van der Waals surface area contributed by atoms with E-state index in [1.807, 2.05) is 0 Å². The first-order valence-corrected chi connectivity index (χ1v) is 9.92. The molecule has 0 radical (unpaired) electrons. The fourth-order valence-electron chi connectivity index (χ4n) is 2.41. The second-order valence-electron chi connectivity index (χ2n) is 6.05. The van der Waals surface area contributed by atoms with Crippen LogP contribution in [0.5, 0.6) is 0 Å². The Labute approximate surface area is 166 Å². The topological polar surface area (TPSA) is 142 Å². The van der Waals surface area contributed by atoms with Crippen LogP contribution < -0.4 is 10.5 Å². The number of nitrogens with zero attached hydrogens (tertiary/aromatic N) is 1. The van der Waals surface area contributed by atoms with E-state index >= 15 is 0 Å². The van der Waals surface area contributed by atoms with Gasteiger partial charge in [-0.3, -0.25) is 4.79 Å². The van der Waals surface area contributed by atoms with Crippen LogP contribution in [0.3, 0.4) is 0 Å². The van der Waals surface area contributed by atoms with Crippen LogP contribution in [0.2, 0.25) is 0 Å². The van der Waals surface area contributed by atoms with Crippen molar-refractivity contribution in [1.29, 1.82) is 0 Å². The summed E-state index contributed by atoms with van der Waals surface area (Å²) in [7, 11) is -3.90. The van der Waals surface area contributed by atoms with Crippen molar-refractivity contribution in [2.45, 2.75) is 17.9 Å². The monoisotopic (exact) mass is 415 g/mol. The number of oxazole rings is 1. The van der Waals surface area contributed by atoms with Crippen molar-refractivity contribution in [2.24, 2.45) is 5.14 Å². The second kappa shape index (κ2) is 8.25. The highest BCUT2D eigenvalue weighted by molar-refractivity contribution is 7.89. The minimum absolute atomic E-state index is 0.146. The fourth-order valence-corrected chi connectivity index (χ4v) is 2.97. The molecule has 0 aliphatic carbocycles. The number of hydrogen-bond acceptors (Lipinski definition) is 7. The van der Waals surface area contributed by atoms with E-state index in [4.69, 9.17) is 14.3 Å². The van der Waals surface area contributed by atoms with E-state index in [2.05, 4.69) is 10.3 Å². The van der Waals surface area contributed by atoms with Gasteiger partial charge in [-0.05, 0) is 37.3 Å². The van der Waals surface area contributed by atoms with Gasteiger partial charge in [0, 0.05) is 11.3 Å². The molecular weight excluding hydrogens is 398 g/mol. The minimum Gasteiger partial charge on any atom is -0.449 e. The van der Waals surface area contributed by atoms with Gasteiger partial charge in [-0.1, -0.05) is 18.2 Å². The maximum Gasteiger partial charge on any atom is 0.338 e. The summed E-state index contributed by atoms with van der Waals surface area (Å²) in [6.07, 6.45) is 1.73. The van der Waals surface area contributed by atoms with Crippen molar-refractivity contribution >= 4 is 27.6 Å². The molecule has 29 heavy (non-hydrogen) atoms. The molecule has 3 N–H and O–H groups in total. The number of amides is 1. The molecule has 1 unspecified atom stereocenters. The van der Waals surface area contributed by atoms with Crippen LogP contribution in [0, 0.1) is 0 Å². The van der Waals surface area contributed by atoms with Crippen LogP contribution in [0.4, 0.5) is 5.69 Å². The number of rotatable bonds is 6. The number of ether oxygens (including phenoxy) is 1. The number of nitrogens with two attached hydrogens (primary N) is 1. The molecule has 0 aliphatic heterocycles. The van der Waals surface area contributed by atoms with Crippen LogP contribution >= 0.6 is 0 Å². The summed E-state index contributed by atoms with van der Waals surface area (Å²) < 4.78 is 33.1. The van der Waals surface area contributed by atoms with E-state index in [1.165, 1.54) is 37.6 Å². The lowest BCUT2D eigenvalue weighted by molar-refractivity contribution is -0.123. The summed E-state index contributed by atoms with van der Waals surface area (Å²) in [5.41, 5.74) is 1.20. The molecule has 1 amide bonds. The number of benzene rings is 2. The van der Waals surface area contributed by atoms with Gasteiger partial charge in [-0.2, -0.15) is 0 Å². The van der Waals surface area contributed by atoms with Crippen molar-refractivity contribution in [3.63, 3.8) is 0 Å². The molecule has 1 atom stereocenters. The third-order valence-corrected chi connectivity index (χ3v) is 4.83. The quantitative estimate of drug-likeness (QED) is 0.588. The maximum atomic E-state index is 12.3. The summed E-state index contributed by atoms with van der Waals surface area (Å²) in [5, 5.41) is 7.55. The highest BCUT2D eigenvalue weighted by Crippen LogP contribution is 2.19. The van der Waals surface area contributed by atoms with E-state index in [9.17, 15) is 18.0 Å². The molecule has 0 spiro atoms. The number of primary sulfonamides is 1. The largest absolute Gasteiger partial charge is 0.449 e. The molecule has 3 rings (SSSR count). The average Bonchev–Trinajstić information content (AvgIpc) is 3.22. The van der Waals surface area contributed by atoms with Gasteiger partial charge in [0.2, 0.25) is 10.0 Å². The zero-order valence-electron chi connectivity index (χ0n) is 15.2. The van der Waals surface area contributed by atoms with E-state index in [1.54, 1.807) is 30.5 Å². The third kappa shape index (κ3) is 5.06. The van der Waals surface area contributed by atoms with Crippen molar-refractivity contribution < 1.29 is 27.2 Å². The van der Waals surface area contributed by atoms with Crippen molar-refractivity contribution in [3.8, 4) is 11.3 Å². The number of carbonyl (C=O) groups excluding carboxylic acids is 2. The number of carbonyl (C=O) groups is 2. The Kier molecular flexibility index (Phi) is 5.76. The van der Waals surface area contributed by atoms with Crippen LogP contribution in [-0.4, -0.2) is 31.4 Å². The Morgan fingerprint density at radius 2 is 1.90 bits per heavy atom. The van der Waals surface area contributed by atoms with Gasteiger partial charge in [0.25, 0.3) is 5.91 Å². The predicted octanol–water partition coefficient (Wildman–Crippen LogP) is 2.17. The molecule has 10 heteroatoms. The SMILES string of the molecule is CC(OC(=O)c1ccc(-c2cnco2)cc1)C(=O)Nc1cccc(S(N)(=O)=O)c1. The van der Waals surface area contributed by atoms with E-state index in [0.29, 0.717) is 5.76 Å². The van der Waals surface area contributed by atoms with Gasteiger partial charge >= 0.3 is 5.97 Å². The summed E-state index contributed by atoms with van der Waals surface area (Å²) in [4.78, 5) is 28.2. The molecule has 0 aliphatic rings. The normalized spacial score (nSPS) is 12.2.